The van der Waals surface area contributed by atoms with Crippen LogP contribution in [-0.4, -0.2) is 46.2 Å². The van der Waals surface area contributed by atoms with Gasteiger partial charge in [-0.25, -0.2) is 19.9 Å². The molecule has 2 heterocycles. The molecule has 0 bridgehead atoms. The van der Waals surface area contributed by atoms with E-state index >= 15 is 0 Å². The summed E-state index contributed by atoms with van der Waals surface area (Å²) >= 11 is 0. The lowest BCUT2D eigenvalue weighted by Gasteiger charge is -2.20. The summed E-state index contributed by atoms with van der Waals surface area (Å²) in [5.74, 6) is 2.56. The van der Waals surface area contributed by atoms with Crippen molar-refractivity contribution in [3.63, 3.8) is 0 Å². The van der Waals surface area contributed by atoms with Crippen LogP contribution in [0.25, 0.3) is 11.0 Å². The highest BCUT2D eigenvalue weighted by molar-refractivity contribution is 5.81. The Bertz CT molecular complexity index is 1540. The minimum atomic E-state index is 0.286. The zero-order valence-corrected chi connectivity index (χ0v) is 20.3. The van der Waals surface area contributed by atoms with Crippen LogP contribution in [0.15, 0.2) is 67.0 Å². The number of para-hydroxylation sites is 2. The third-order valence-corrected chi connectivity index (χ3v) is 5.52. The van der Waals surface area contributed by atoms with E-state index in [0.717, 1.165) is 11.0 Å². The van der Waals surface area contributed by atoms with Crippen molar-refractivity contribution < 1.29 is 14.2 Å². The number of fused-ring (bicyclic) bond motifs is 1. The molecular formula is C26H22N8O3. The Morgan fingerprint density at radius 2 is 1.62 bits per heavy atom. The van der Waals surface area contributed by atoms with Gasteiger partial charge in [-0.15, -0.1) is 0 Å². The van der Waals surface area contributed by atoms with E-state index < -0.39 is 0 Å². The Hall–Kier alpha value is -5.37. The summed E-state index contributed by atoms with van der Waals surface area (Å²) < 4.78 is 16.3. The molecule has 11 heteroatoms. The monoisotopic (exact) mass is 494 g/mol. The molecule has 0 aliphatic heterocycles. The molecule has 11 nitrogen and oxygen atoms in total. The van der Waals surface area contributed by atoms with Crippen LogP contribution < -0.4 is 24.4 Å². The maximum Gasteiger partial charge on any atom is 0.241 e. The summed E-state index contributed by atoms with van der Waals surface area (Å²) in [6.07, 6.45) is 1.40. The number of nitrogens with zero attached hydrogens (tertiary/aromatic N) is 6. The van der Waals surface area contributed by atoms with E-state index in [0.29, 0.717) is 46.1 Å². The van der Waals surface area contributed by atoms with E-state index in [-0.39, 0.29) is 5.95 Å². The molecule has 0 saturated heterocycles. The molecule has 5 rings (SSSR count). The second-order valence-corrected chi connectivity index (χ2v) is 7.72. The van der Waals surface area contributed by atoms with Gasteiger partial charge in [0.1, 0.15) is 6.33 Å². The van der Waals surface area contributed by atoms with Crippen molar-refractivity contribution in [1.29, 1.82) is 5.26 Å². The first-order valence-electron chi connectivity index (χ1n) is 11.1. The molecule has 0 aliphatic rings. The Balaban J connectivity index is 1.56. The second-order valence-electron chi connectivity index (χ2n) is 7.72. The van der Waals surface area contributed by atoms with Crippen molar-refractivity contribution in [1.82, 2.24) is 24.9 Å². The minimum Gasteiger partial charge on any atom is -0.493 e. The smallest absolute Gasteiger partial charge is 0.241 e. The highest BCUT2D eigenvalue weighted by Gasteiger charge is 2.20. The van der Waals surface area contributed by atoms with E-state index in [1.807, 2.05) is 36.4 Å². The molecule has 0 aliphatic carbocycles. The van der Waals surface area contributed by atoms with E-state index in [2.05, 4.69) is 31.3 Å². The van der Waals surface area contributed by atoms with Crippen molar-refractivity contribution in [3.05, 3.63) is 72.6 Å². The Kier molecular flexibility index (Phi) is 6.37. The van der Waals surface area contributed by atoms with Crippen LogP contribution in [0, 0.1) is 11.3 Å². The number of nitrogens with one attached hydrogen (secondary N) is 2. The van der Waals surface area contributed by atoms with Crippen molar-refractivity contribution in [3.8, 4) is 23.3 Å². The maximum absolute atomic E-state index is 9.23. The Labute approximate surface area is 212 Å². The first kappa shape index (κ1) is 23.4. The molecule has 0 unspecified atom stereocenters. The second kappa shape index (κ2) is 10.1. The topological polar surface area (TPSA) is 134 Å². The van der Waals surface area contributed by atoms with Gasteiger partial charge < -0.3 is 24.5 Å². The van der Waals surface area contributed by atoms with E-state index in [1.54, 1.807) is 50.5 Å². The van der Waals surface area contributed by atoms with Crippen LogP contribution in [0.3, 0.4) is 0 Å². The highest BCUT2D eigenvalue weighted by Crippen LogP contribution is 2.40. The number of hydrogen-bond acceptors (Lipinski definition) is 10. The predicted molar refractivity (Wildman–Crippen MR) is 138 cm³/mol. The Morgan fingerprint density at radius 3 is 2.27 bits per heavy atom. The van der Waals surface area contributed by atoms with Crippen LogP contribution in [0.4, 0.5) is 29.2 Å². The van der Waals surface area contributed by atoms with E-state index in [1.165, 1.54) is 6.33 Å². The molecule has 3 aromatic carbocycles. The quantitative estimate of drug-likeness (QED) is 0.308. The van der Waals surface area contributed by atoms with E-state index in [9.17, 15) is 5.26 Å². The van der Waals surface area contributed by atoms with Gasteiger partial charge in [-0.2, -0.15) is 10.2 Å². The average molecular weight is 495 g/mol. The molecule has 0 amide bonds. The summed E-state index contributed by atoms with van der Waals surface area (Å²) in [7, 11) is 4.64. The number of hydrogen-bond donors (Lipinski definition) is 2. The van der Waals surface area contributed by atoms with Gasteiger partial charge in [0.25, 0.3) is 0 Å². The zero-order valence-electron chi connectivity index (χ0n) is 20.3. The standard InChI is InChI=1S/C26H22N8O3/c1-35-21-12-17(13-22(36-2)23(21)37-3)30-24-28-15-29-25(33-24)34(18-10-8-16(14-27)9-11-18)26-31-19-6-4-5-7-20(19)32-26/h4-13,15H,1-3H3,(H,31,32)(H,28,29,30,33). The van der Waals surface area contributed by atoms with Crippen molar-refractivity contribution in [2.75, 3.05) is 31.5 Å². The molecule has 2 aromatic heterocycles. The molecule has 37 heavy (non-hydrogen) atoms. The Morgan fingerprint density at radius 1 is 0.892 bits per heavy atom. The largest absolute Gasteiger partial charge is 0.493 e. The van der Waals surface area contributed by atoms with Crippen LogP contribution in [0.1, 0.15) is 5.56 Å². The molecule has 0 spiro atoms. The average Bonchev–Trinajstić information content (AvgIpc) is 3.37. The first-order chi connectivity index (χ1) is 18.1. The van der Waals surface area contributed by atoms with Gasteiger partial charge >= 0.3 is 0 Å². The number of methoxy groups -OCH3 is 3. The molecule has 5 aromatic rings. The van der Waals surface area contributed by atoms with Crippen LogP contribution in [-0.2, 0) is 0 Å². The number of benzene rings is 3. The SMILES string of the molecule is COc1cc(Nc2ncnc(N(c3ccc(C#N)cc3)c3nc4ccccc4[nH]3)n2)cc(OC)c1OC. The fourth-order valence-electron chi connectivity index (χ4n) is 3.80. The van der Waals surface area contributed by atoms with Crippen LogP contribution in [0.2, 0.25) is 0 Å². The lowest BCUT2D eigenvalue weighted by Crippen LogP contribution is -2.16. The molecule has 184 valence electrons. The van der Waals surface area contributed by atoms with Crippen molar-refractivity contribution >= 4 is 40.3 Å². The normalized spacial score (nSPS) is 10.5. The molecule has 0 atom stereocenters. The van der Waals surface area contributed by atoms with Gasteiger partial charge in [-0.1, -0.05) is 12.1 Å². The number of rotatable bonds is 8. The maximum atomic E-state index is 9.23. The summed E-state index contributed by atoms with van der Waals surface area (Å²) in [4.78, 5) is 23.1. The van der Waals surface area contributed by atoms with Gasteiger partial charge in [-0.3, -0.25) is 0 Å². The lowest BCUT2D eigenvalue weighted by molar-refractivity contribution is 0.324. The van der Waals surface area contributed by atoms with Gasteiger partial charge in [0, 0.05) is 17.8 Å². The number of aromatic amines is 1. The zero-order chi connectivity index (χ0) is 25.8. The molecule has 0 radical (unpaired) electrons. The number of anilines is 5. The molecular weight excluding hydrogens is 472 g/mol. The molecule has 2 N–H and O–H groups in total. The summed E-state index contributed by atoms with van der Waals surface area (Å²) in [5.41, 5.74) is 3.53. The lowest BCUT2D eigenvalue weighted by atomic mass is 10.2. The summed E-state index contributed by atoms with van der Waals surface area (Å²) in [6.45, 7) is 0. The fourth-order valence-corrected chi connectivity index (χ4v) is 3.80. The van der Waals surface area contributed by atoms with Crippen LogP contribution >= 0.6 is 0 Å². The third kappa shape index (κ3) is 4.63. The number of aromatic nitrogens is 5. The summed E-state index contributed by atoms with van der Waals surface area (Å²) in [6, 6.07) is 20.4. The number of nitriles is 1. The van der Waals surface area contributed by atoms with Gasteiger partial charge in [-0.05, 0) is 36.4 Å². The molecule has 0 fully saturated rings. The van der Waals surface area contributed by atoms with Gasteiger partial charge in [0.2, 0.25) is 23.6 Å². The first-order valence-corrected chi connectivity index (χ1v) is 11.1. The predicted octanol–water partition coefficient (Wildman–Crippen LogP) is 4.86. The van der Waals surface area contributed by atoms with Gasteiger partial charge in [0.05, 0.1) is 49.7 Å². The fraction of sp³-hybridized carbons (Fsp3) is 0.115. The van der Waals surface area contributed by atoms with Crippen molar-refractivity contribution in [2.24, 2.45) is 0 Å². The highest BCUT2D eigenvalue weighted by atomic mass is 16.5. The third-order valence-electron chi connectivity index (χ3n) is 5.52. The number of H-pyrrole nitrogens is 1. The summed E-state index contributed by atoms with van der Waals surface area (Å²) in [5, 5.41) is 12.4. The molecule has 0 saturated carbocycles. The van der Waals surface area contributed by atoms with E-state index in [4.69, 9.17) is 19.2 Å². The minimum absolute atomic E-state index is 0.286. The number of ether oxygens (including phenoxy) is 3. The van der Waals surface area contributed by atoms with Gasteiger partial charge in [0.15, 0.2) is 11.5 Å². The van der Waals surface area contributed by atoms with Crippen LogP contribution in [0.5, 0.6) is 17.2 Å². The van der Waals surface area contributed by atoms with Crippen molar-refractivity contribution in [2.45, 2.75) is 0 Å². The number of imidazole rings is 1.